The Labute approximate surface area is 179 Å². The number of aromatic amines is 1. The number of thiazole rings is 1. The fourth-order valence-corrected chi connectivity index (χ4v) is 4.59. The topological polar surface area (TPSA) is 79.4 Å². The van der Waals surface area contributed by atoms with Crippen molar-refractivity contribution in [3.63, 3.8) is 0 Å². The molecular formula is C23H24N6S. The van der Waals surface area contributed by atoms with Crippen LogP contribution < -0.4 is 5.32 Å². The van der Waals surface area contributed by atoms with Crippen molar-refractivity contribution in [3.05, 3.63) is 65.2 Å². The second-order valence-corrected chi connectivity index (χ2v) is 9.46. The molecule has 4 aromatic rings. The summed E-state index contributed by atoms with van der Waals surface area (Å²) in [4.78, 5) is 14.3. The van der Waals surface area contributed by atoms with Crippen LogP contribution in [0.15, 0.2) is 48.4 Å². The van der Waals surface area contributed by atoms with Crippen LogP contribution in [-0.4, -0.2) is 25.1 Å². The summed E-state index contributed by atoms with van der Waals surface area (Å²) in [5.74, 6) is 0.827. The van der Waals surface area contributed by atoms with Crippen LogP contribution in [0, 0.1) is 5.41 Å². The Morgan fingerprint density at radius 3 is 2.93 bits per heavy atom. The maximum absolute atomic E-state index is 4.84. The van der Waals surface area contributed by atoms with Crippen LogP contribution in [0.4, 0.5) is 5.82 Å². The molecule has 0 atom stereocenters. The normalized spacial score (nSPS) is 15.0. The van der Waals surface area contributed by atoms with Crippen LogP contribution in [0.3, 0.4) is 0 Å². The van der Waals surface area contributed by atoms with Gasteiger partial charge in [-0.25, -0.2) is 4.98 Å². The summed E-state index contributed by atoms with van der Waals surface area (Å²) in [6.07, 6.45) is 8.77. The van der Waals surface area contributed by atoms with Gasteiger partial charge in [0.25, 0.3) is 0 Å². The van der Waals surface area contributed by atoms with Gasteiger partial charge in [-0.1, -0.05) is 19.9 Å². The second kappa shape index (κ2) is 7.65. The predicted octanol–water partition coefficient (Wildman–Crippen LogP) is 5.12. The van der Waals surface area contributed by atoms with Crippen LogP contribution in [0.2, 0.25) is 0 Å². The third-order valence-corrected chi connectivity index (χ3v) is 6.44. The molecule has 0 fully saturated rings. The molecule has 0 saturated carbocycles. The molecule has 0 aliphatic heterocycles. The molecule has 0 unspecified atom stereocenters. The lowest BCUT2D eigenvalue weighted by atomic mass is 9.76. The van der Waals surface area contributed by atoms with E-state index in [9.17, 15) is 0 Å². The van der Waals surface area contributed by atoms with Crippen LogP contribution in [0.25, 0.3) is 21.8 Å². The van der Waals surface area contributed by atoms with Crippen LogP contribution in [0.1, 0.15) is 37.1 Å². The number of hydrogen-bond acceptors (Lipinski definition) is 6. The molecule has 152 valence electrons. The van der Waals surface area contributed by atoms with Gasteiger partial charge >= 0.3 is 0 Å². The molecule has 1 aliphatic rings. The van der Waals surface area contributed by atoms with Gasteiger partial charge in [-0.05, 0) is 48.4 Å². The van der Waals surface area contributed by atoms with Crippen molar-refractivity contribution in [3.8, 4) is 21.8 Å². The molecule has 0 saturated heterocycles. The van der Waals surface area contributed by atoms with E-state index in [0.717, 1.165) is 46.1 Å². The Morgan fingerprint density at radius 1 is 1.20 bits per heavy atom. The maximum atomic E-state index is 4.84. The van der Waals surface area contributed by atoms with E-state index < -0.39 is 0 Å². The first-order valence-corrected chi connectivity index (χ1v) is 11.1. The first-order chi connectivity index (χ1) is 14.6. The lowest BCUT2D eigenvalue weighted by molar-refractivity contribution is 0.312. The van der Waals surface area contributed by atoms with Gasteiger partial charge in [-0.15, -0.1) is 11.3 Å². The largest absolute Gasteiger partial charge is 0.366 e. The van der Waals surface area contributed by atoms with E-state index in [1.54, 1.807) is 17.5 Å². The van der Waals surface area contributed by atoms with Crippen molar-refractivity contribution in [1.29, 1.82) is 0 Å². The minimum absolute atomic E-state index is 0.319. The summed E-state index contributed by atoms with van der Waals surface area (Å²) in [7, 11) is 0. The zero-order valence-electron chi connectivity index (χ0n) is 17.1. The number of anilines is 1. The van der Waals surface area contributed by atoms with Gasteiger partial charge < -0.3 is 5.32 Å². The lowest BCUT2D eigenvalue weighted by Gasteiger charge is -2.29. The summed E-state index contributed by atoms with van der Waals surface area (Å²) in [6.45, 7) is 5.32. The molecule has 4 heterocycles. The van der Waals surface area contributed by atoms with Crippen molar-refractivity contribution >= 4 is 17.2 Å². The Morgan fingerprint density at radius 2 is 2.13 bits per heavy atom. The van der Waals surface area contributed by atoms with Crippen molar-refractivity contribution in [2.24, 2.45) is 5.41 Å². The molecule has 6 nitrogen and oxygen atoms in total. The Kier molecular flexibility index (Phi) is 4.83. The first kappa shape index (κ1) is 18.9. The van der Waals surface area contributed by atoms with Gasteiger partial charge in [0.2, 0.25) is 0 Å². The highest BCUT2D eigenvalue weighted by molar-refractivity contribution is 7.13. The average Bonchev–Trinajstić information content (AvgIpc) is 3.42. The third kappa shape index (κ3) is 3.85. The monoisotopic (exact) mass is 416 g/mol. The minimum atomic E-state index is 0.319. The molecule has 1 aliphatic carbocycles. The van der Waals surface area contributed by atoms with Crippen molar-refractivity contribution < 1.29 is 0 Å². The van der Waals surface area contributed by atoms with Crippen LogP contribution >= 0.6 is 11.3 Å². The highest BCUT2D eigenvalue weighted by atomic mass is 32.1. The van der Waals surface area contributed by atoms with Gasteiger partial charge in [0.1, 0.15) is 5.82 Å². The SMILES string of the molecule is CC1(C)CCc2c(-c3cc(NCc4cccnc4)nc(-c4cncs4)c3)n[nH]c2C1. The van der Waals surface area contributed by atoms with E-state index in [2.05, 4.69) is 52.4 Å². The summed E-state index contributed by atoms with van der Waals surface area (Å²) in [5.41, 5.74) is 8.91. The lowest BCUT2D eigenvalue weighted by Crippen LogP contribution is -2.21. The number of aromatic nitrogens is 5. The number of H-pyrrole nitrogens is 1. The van der Waals surface area contributed by atoms with E-state index in [1.807, 2.05) is 24.0 Å². The number of hydrogen-bond donors (Lipinski definition) is 2. The Balaban J connectivity index is 1.52. The predicted molar refractivity (Wildman–Crippen MR) is 120 cm³/mol. The molecule has 30 heavy (non-hydrogen) atoms. The number of rotatable bonds is 5. The summed E-state index contributed by atoms with van der Waals surface area (Å²) < 4.78 is 0. The highest BCUT2D eigenvalue weighted by Crippen LogP contribution is 2.39. The average molecular weight is 417 g/mol. The zero-order valence-corrected chi connectivity index (χ0v) is 18.0. The van der Waals surface area contributed by atoms with Crippen molar-refractivity contribution in [2.75, 3.05) is 5.32 Å². The standard InChI is InChI=1S/C23H24N6S/c1-23(2)6-5-17-19(10-23)28-29-22(17)16-8-18(20-13-25-14-30-20)27-21(9-16)26-12-15-4-3-7-24-11-15/h3-4,7-9,11,13-14H,5-6,10,12H2,1-2H3,(H,26,27)(H,28,29). The highest BCUT2D eigenvalue weighted by Gasteiger charge is 2.29. The molecule has 0 spiro atoms. The summed E-state index contributed by atoms with van der Waals surface area (Å²) in [6, 6.07) is 8.22. The molecule has 0 radical (unpaired) electrons. The second-order valence-electron chi connectivity index (χ2n) is 8.58. The minimum Gasteiger partial charge on any atom is -0.366 e. The number of pyridine rings is 2. The fourth-order valence-electron chi connectivity index (χ4n) is 4.01. The molecule has 0 bridgehead atoms. The zero-order chi connectivity index (χ0) is 20.6. The smallest absolute Gasteiger partial charge is 0.127 e. The number of nitrogens with one attached hydrogen (secondary N) is 2. The Bertz CT molecular complexity index is 1150. The molecule has 5 rings (SSSR count). The number of nitrogens with zero attached hydrogens (tertiary/aromatic N) is 4. The van der Waals surface area contributed by atoms with Crippen molar-refractivity contribution in [2.45, 2.75) is 39.7 Å². The van der Waals surface area contributed by atoms with E-state index in [1.165, 1.54) is 17.7 Å². The quantitative estimate of drug-likeness (QED) is 0.472. The van der Waals surface area contributed by atoms with Gasteiger partial charge in [0.05, 0.1) is 21.8 Å². The van der Waals surface area contributed by atoms with E-state index in [-0.39, 0.29) is 0 Å². The molecule has 2 N–H and O–H groups in total. The van der Waals surface area contributed by atoms with Gasteiger partial charge in [0, 0.05) is 42.0 Å². The number of fused-ring (bicyclic) bond motifs is 1. The van der Waals surface area contributed by atoms with Crippen molar-refractivity contribution in [1.82, 2.24) is 25.1 Å². The molecule has 4 aromatic heterocycles. The van der Waals surface area contributed by atoms with Gasteiger partial charge in [-0.3, -0.25) is 15.1 Å². The Hall–Kier alpha value is -3.06. The summed E-state index contributed by atoms with van der Waals surface area (Å²) in [5, 5.41) is 11.5. The molecule has 7 heteroatoms. The first-order valence-electron chi connectivity index (χ1n) is 10.2. The molecular weight excluding hydrogens is 392 g/mol. The van der Waals surface area contributed by atoms with Crippen LogP contribution in [0.5, 0.6) is 0 Å². The molecule has 0 amide bonds. The van der Waals surface area contributed by atoms with Gasteiger partial charge in [0.15, 0.2) is 0 Å². The van der Waals surface area contributed by atoms with E-state index in [0.29, 0.717) is 12.0 Å². The van der Waals surface area contributed by atoms with Crippen LogP contribution in [-0.2, 0) is 19.4 Å². The fraction of sp³-hybridized carbons (Fsp3) is 0.304. The third-order valence-electron chi connectivity index (χ3n) is 5.64. The van der Waals surface area contributed by atoms with Gasteiger partial charge in [-0.2, -0.15) is 5.10 Å². The van der Waals surface area contributed by atoms with E-state index in [4.69, 9.17) is 10.1 Å². The summed E-state index contributed by atoms with van der Waals surface area (Å²) >= 11 is 1.59. The van der Waals surface area contributed by atoms with E-state index >= 15 is 0 Å². The maximum Gasteiger partial charge on any atom is 0.127 e. The molecule has 0 aromatic carbocycles.